The van der Waals surface area contributed by atoms with Crippen LogP contribution in [0.2, 0.25) is 0 Å². The Kier molecular flexibility index (Phi) is 5.88. The molecule has 0 aliphatic carbocycles. The Morgan fingerprint density at radius 2 is 1.94 bits per heavy atom. The van der Waals surface area contributed by atoms with Gasteiger partial charge in [0, 0.05) is 24.9 Å². The fraction of sp³-hybridized carbons (Fsp3) is 0.217. The number of nitrogens with one attached hydrogen (secondary N) is 1. The van der Waals surface area contributed by atoms with Crippen LogP contribution in [0.5, 0.6) is 0 Å². The molecule has 1 N–H and O–H groups in total. The maximum absolute atomic E-state index is 13.1. The Bertz CT molecular complexity index is 1260. The number of fused-ring (bicyclic) bond motifs is 1. The molecule has 0 saturated heterocycles. The van der Waals surface area contributed by atoms with Gasteiger partial charge in [-0.15, -0.1) is 0 Å². The van der Waals surface area contributed by atoms with E-state index in [2.05, 4.69) is 15.0 Å². The van der Waals surface area contributed by atoms with Crippen LogP contribution in [0.1, 0.15) is 25.1 Å². The van der Waals surface area contributed by atoms with Crippen molar-refractivity contribution >= 4 is 16.8 Å². The molecule has 2 aromatic carbocycles. The van der Waals surface area contributed by atoms with Crippen molar-refractivity contribution in [1.29, 1.82) is 0 Å². The quantitative estimate of drug-likeness (QED) is 0.492. The lowest BCUT2D eigenvalue weighted by Gasteiger charge is -2.20. The molecule has 0 bridgehead atoms. The number of aryl methyl sites for hydroxylation is 1. The Morgan fingerprint density at radius 3 is 2.71 bits per heavy atom. The van der Waals surface area contributed by atoms with E-state index in [9.17, 15) is 14.0 Å². The fourth-order valence-electron chi connectivity index (χ4n) is 3.31. The molecule has 2 heterocycles. The predicted octanol–water partition coefficient (Wildman–Crippen LogP) is 3.70. The highest BCUT2D eigenvalue weighted by atomic mass is 19.1. The van der Waals surface area contributed by atoms with Crippen LogP contribution in [-0.2, 0) is 17.8 Å². The summed E-state index contributed by atoms with van der Waals surface area (Å²) in [5, 5.41) is 0.515. The van der Waals surface area contributed by atoms with Gasteiger partial charge in [-0.25, -0.2) is 14.4 Å². The molecule has 0 aliphatic heterocycles. The van der Waals surface area contributed by atoms with E-state index in [1.54, 1.807) is 41.4 Å². The zero-order valence-electron chi connectivity index (χ0n) is 17.0. The summed E-state index contributed by atoms with van der Waals surface area (Å²) in [6, 6.07) is 13.0. The lowest BCUT2D eigenvalue weighted by molar-refractivity contribution is -0.131. The van der Waals surface area contributed by atoms with Gasteiger partial charge in [-0.1, -0.05) is 12.1 Å². The number of para-hydroxylation sites is 1. The Labute approximate surface area is 177 Å². The van der Waals surface area contributed by atoms with Crippen LogP contribution < -0.4 is 5.56 Å². The largest absolute Gasteiger partial charge is 0.441 e. The number of nitrogens with zero attached hydrogens (tertiary/aromatic N) is 3. The first kappa shape index (κ1) is 20.5. The molecule has 0 radical (unpaired) electrons. The Morgan fingerprint density at radius 1 is 1.16 bits per heavy atom. The summed E-state index contributed by atoms with van der Waals surface area (Å²) in [6.07, 6.45) is 2.10. The van der Waals surface area contributed by atoms with Gasteiger partial charge in [0.25, 0.3) is 5.56 Å². The van der Waals surface area contributed by atoms with Crippen molar-refractivity contribution in [2.24, 2.45) is 0 Å². The first-order chi connectivity index (χ1) is 15.0. The minimum atomic E-state index is -0.323. The van der Waals surface area contributed by atoms with E-state index >= 15 is 0 Å². The molecule has 31 heavy (non-hydrogen) atoms. The number of oxazole rings is 1. The molecule has 0 saturated carbocycles. The van der Waals surface area contributed by atoms with Crippen LogP contribution in [0.25, 0.3) is 22.2 Å². The van der Waals surface area contributed by atoms with Gasteiger partial charge in [-0.05, 0) is 43.3 Å². The topological polar surface area (TPSA) is 92.1 Å². The lowest BCUT2D eigenvalue weighted by atomic mass is 10.2. The zero-order chi connectivity index (χ0) is 21.8. The summed E-state index contributed by atoms with van der Waals surface area (Å²) >= 11 is 0. The summed E-state index contributed by atoms with van der Waals surface area (Å²) in [6.45, 7) is 2.55. The molecule has 4 rings (SSSR count). The molecule has 0 fully saturated rings. The van der Waals surface area contributed by atoms with Crippen LogP contribution in [0, 0.1) is 5.82 Å². The smallest absolute Gasteiger partial charge is 0.258 e. The van der Waals surface area contributed by atoms with Crippen molar-refractivity contribution in [3.63, 3.8) is 0 Å². The summed E-state index contributed by atoms with van der Waals surface area (Å²) in [5.41, 5.74) is 1.09. The predicted molar refractivity (Wildman–Crippen MR) is 114 cm³/mol. The van der Waals surface area contributed by atoms with Gasteiger partial charge in [-0.3, -0.25) is 9.59 Å². The van der Waals surface area contributed by atoms with Crippen molar-refractivity contribution in [1.82, 2.24) is 19.9 Å². The normalized spacial score (nSPS) is 11.0. The minimum Gasteiger partial charge on any atom is -0.441 e. The van der Waals surface area contributed by atoms with Crippen LogP contribution in [-0.4, -0.2) is 32.3 Å². The summed E-state index contributed by atoms with van der Waals surface area (Å²) in [4.78, 5) is 38.0. The third-order valence-corrected chi connectivity index (χ3v) is 4.97. The van der Waals surface area contributed by atoms with Gasteiger partial charge in [-0.2, -0.15) is 0 Å². The van der Waals surface area contributed by atoms with Crippen molar-refractivity contribution in [3.8, 4) is 11.3 Å². The van der Waals surface area contributed by atoms with Gasteiger partial charge in [0.15, 0.2) is 11.7 Å². The number of aromatic amines is 1. The standard InChI is InChI=1S/C23H21FN4O3/c1-2-28(14-20-26-18-6-4-3-5-17(18)23(30)27-20)22(29)12-11-21-25-13-19(31-21)15-7-9-16(24)10-8-15/h3-10,13H,2,11-12,14H2,1H3,(H,26,27,30). The second-order valence-electron chi connectivity index (χ2n) is 7.06. The molecule has 4 aromatic rings. The number of benzene rings is 2. The molecular formula is C23H21FN4O3. The Hall–Kier alpha value is -3.81. The summed E-state index contributed by atoms with van der Waals surface area (Å²) in [5.74, 6) is 0.971. The number of hydrogen-bond acceptors (Lipinski definition) is 5. The van der Waals surface area contributed by atoms with Gasteiger partial charge in [0.05, 0.1) is 23.6 Å². The monoisotopic (exact) mass is 420 g/mol. The fourth-order valence-corrected chi connectivity index (χ4v) is 3.31. The van der Waals surface area contributed by atoms with Crippen LogP contribution in [0.3, 0.4) is 0 Å². The molecule has 0 unspecified atom stereocenters. The minimum absolute atomic E-state index is 0.0974. The number of carbonyl (C=O) groups is 1. The average molecular weight is 420 g/mol. The van der Waals surface area contributed by atoms with Crippen LogP contribution in [0.15, 0.2) is 63.9 Å². The molecule has 8 heteroatoms. The molecular weight excluding hydrogens is 399 g/mol. The van der Waals surface area contributed by atoms with Gasteiger partial charge < -0.3 is 14.3 Å². The lowest BCUT2D eigenvalue weighted by Crippen LogP contribution is -2.32. The number of aromatic nitrogens is 3. The van der Waals surface area contributed by atoms with Crippen molar-refractivity contribution in [2.45, 2.75) is 26.3 Å². The van der Waals surface area contributed by atoms with E-state index in [0.29, 0.717) is 46.9 Å². The summed E-state index contributed by atoms with van der Waals surface area (Å²) < 4.78 is 18.8. The third-order valence-electron chi connectivity index (χ3n) is 4.97. The third kappa shape index (κ3) is 4.69. The first-order valence-electron chi connectivity index (χ1n) is 10.00. The molecule has 0 aliphatic rings. The van der Waals surface area contributed by atoms with E-state index in [0.717, 1.165) is 0 Å². The van der Waals surface area contributed by atoms with Gasteiger partial charge in [0.2, 0.25) is 5.91 Å². The number of carbonyl (C=O) groups excluding carboxylic acids is 1. The zero-order valence-corrected chi connectivity index (χ0v) is 17.0. The van der Waals surface area contributed by atoms with E-state index in [1.807, 2.05) is 13.0 Å². The molecule has 0 spiro atoms. The highest BCUT2D eigenvalue weighted by Crippen LogP contribution is 2.21. The van der Waals surface area contributed by atoms with E-state index in [-0.39, 0.29) is 30.2 Å². The van der Waals surface area contributed by atoms with Crippen molar-refractivity contribution in [2.75, 3.05) is 6.54 Å². The molecule has 0 atom stereocenters. The number of hydrogen-bond donors (Lipinski definition) is 1. The maximum Gasteiger partial charge on any atom is 0.258 e. The number of amides is 1. The van der Waals surface area contributed by atoms with E-state index in [4.69, 9.17) is 4.42 Å². The highest BCUT2D eigenvalue weighted by Gasteiger charge is 2.16. The second-order valence-corrected chi connectivity index (χ2v) is 7.06. The second kappa shape index (κ2) is 8.91. The first-order valence-corrected chi connectivity index (χ1v) is 10.00. The van der Waals surface area contributed by atoms with Crippen LogP contribution in [0.4, 0.5) is 4.39 Å². The Balaban J connectivity index is 1.41. The molecule has 7 nitrogen and oxygen atoms in total. The maximum atomic E-state index is 13.1. The highest BCUT2D eigenvalue weighted by molar-refractivity contribution is 5.78. The number of rotatable bonds is 7. The number of halogens is 1. The van der Waals surface area contributed by atoms with E-state index in [1.165, 1.54) is 12.1 Å². The van der Waals surface area contributed by atoms with Crippen LogP contribution >= 0.6 is 0 Å². The van der Waals surface area contributed by atoms with E-state index < -0.39 is 0 Å². The molecule has 1 amide bonds. The van der Waals surface area contributed by atoms with Crippen molar-refractivity contribution < 1.29 is 13.6 Å². The molecule has 2 aromatic heterocycles. The average Bonchev–Trinajstić information content (AvgIpc) is 3.25. The van der Waals surface area contributed by atoms with Gasteiger partial charge in [0.1, 0.15) is 11.6 Å². The summed E-state index contributed by atoms with van der Waals surface area (Å²) in [7, 11) is 0. The molecule has 158 valence electrons. The van der Waals surface area contributed by atoms with Gasteiger partial charge >= 0.3 is 0 Å². The number of H-pyrrole nitrogens is 1. The SMILES string of the molecule is CCN(Cc1nc2ccccc2c(=O)[nH]1)C(=O)CCc1ncc(-c2ccc(F)cc2)o1. The van der Waals surface area contributed by atoms with Crippen molar-refractivity contribution in [3.05, 3.63) is 82.6 Å².